The second kappa shape index (κ2) is 8.07. The number of alkyl halides is 3. The fraction of sp³-hybridized carbons (Fsp3) is 0.750. The molecule has 2 heterocycles. The van der Waals surface area contributed by atoms with Crippen LogP contribution in [-0.2, 0) is 19.8 Å². The van der Waals surface area contributed by atoms with Crippen molar-refractivity contribution in [3.8, 4) is 0 Å². The highest BCUT2D eigenvalue weighted by Gasteiger charge is 2.36. The summed E-state index contributed by atoms with van der Waals surface area (Å²) in [5.74, 6) is 0.514. The van der Waals surface area contributed by atoms with Crippen LogP contribution in [0.25, 0.3) is 0 Å². The molecule has 0 saturated carbocycles. The van der Waals surface area contributed by atoms with Crippen LogP contribution in [0.3, 0.4) is 0 Å². The Bertz CT molecular complexity index is 585. The second-order valence-electron chi connectivity index (χ2n) is 6.65. The van der Waals surface area contributed by atoms with Crippen LogP contribution in [0.15, 0.2) is 11.2 Å². The molecule has 0 bridgehead atoms. The van der Waals surface area contributed by atoms with Gasteiger partial charge in [0.1, 0.15) is 0 Å². The van der Waals surface area contributed by atoms with Crippen molar-refractivity contribution in [1.29, 1.82) is 0 Å². The second-order valence-corrected chi connectivity index (χ2v) is 6.65. The fourth-order valence-electron chi connectivity index (χ4n) is 3.03. The monoisotopic (exact) mass is 360 g/mol. The largest absolute Gasteiger partial charge is 0.435 e. The van der Waals surface area contributed by atoms with Gasteiger partial charge in [-0.3, -0.25) is 9.67 Å². The number of likely N-dealkylation sites (tertiary alicyclic amines) is 1. The standard InChI is InChI=1S/C16H27F3N6/c1-11(2)25-7-5-13(6-8-25)22-15(20-3)21-9-12-10-24(4)23-14(12)16(17,18)19/h10-11,13H,5-9H2,1-4H3,(H2,20,21,22). The molecule has 9 heteroatoms. The van der Waals surface area contributed by atoms with E-state index in [1.54, 1.807) is 7.05 Å². The Hall–Kier alpha value is -1.77. The zero-order valence-electron chi connectivity index (χ0n) is 15.2. The van der Waals surface area contributed by atoms with Crippen molar-refractivity contribution >= 4 is 5.96 Å². The van der Waals surface area contributed by atoms with E-state index in [4.69, 9.17) is 0 Å². The summed E-state index contributed by atoms with van der Waals surface area (Å²) in [5, 5.41) is 9.78. The number of nitrogens with zero attached hydrogens (tertiary/aromatic N) is 4. The molecule has 0 amide bonds. The van der Waals surface area contributed by atoms with E-state index >= 15 is 0 Å². The van der Waals surface area contributed by atoms with Gasteiger partial charge in [0.05, 0.1) is 0 Å². The van der Waals surface area contributed by atoms with Crippen LogP contribution < -0.4 is 10.6 Å². The maximum Gasteiger partial charge on any atom is 0.435 e. The van der Waals surface area contributed by atoms with Crippen LogP contribution in [0, 0.1) is 0 Å². The van der Waals surface area contributed by atoms with Crippen molar-refractivity contribution < 1.29 is 13.2 Å². The molecule has 1 aromatic heterocycles. The average molecular weight is 360 g/mol. The van der Waals surface area contributed by atoms with E-state index < -0.39 is 11.9 Å². The van der Waals surface area contributed by atoms with Crippen molar-refractivity contribution in [1.82, 2.24) is 25.3 Å². The van der Waals surface area contributed by atoms with Crippen molar-refractivity contribution in [3.05, 3.63) is 17.5 Å². The molecule has 0 spiro atoms. The Kier molecular flexibility index (Phi) is 6.31. The van der Waals surface area contributed by atoms with Gasteiger partial charge >= 0.3 is 6.18 Å². The third kappa shape index (κ3) is 5.35. The number of guanidine groups is 1. The molecule has 6 nitrogen and oxygen atoms in total. The number of hydrogen-bond acceptors (Lipinski definition) is 3. The first-order valence-corrected chi connectivity index (χ1v) is 8.51. The molecule has 2 N–H and O–H groups in total. The first-order chi connectivity index (χ1) is 11.7. The third-order valence-electron chi connectivity index (χ3n) is 4.44. The van der Waals surface area contributed by atoms with Gasteiger partial charge in [-0.1, -0.05) is 0 Å². The van der Waals surface area contributed by atoms with Crippen molar-refractivity contribution in [2.24, 2.45) is 12.0 Å². The Morgan fingerprint density at radius 1 is 1.36 bits per heavy atom. The Morgan fingerprint density at radius 3 is 2.52 bits per heavy atom. The zero-order valence-corrected chi connectivity index (χ0v) is 15.2. The van der Waals surface area contributed by atoms with Gasteiger partial charge in [-0.25, -0.2) is 0 Å². The summed E-state index contributed by atoms with van der Waals surface area (Å²) < 4.78 is 40.1. The molecule has 1 aliphatic heterocycles. The van der Waals surface area contributed by atoms with E-state index in [0.29, 0.717) is 12.0 Å². The number of hydrogen-bond donors (Lipinski definition) is 2. The summed E-state index contributed by atoms with van der Waals surface area (Å²) in [6.45, 7) is 6.40. The third-order valence-corrected chi connectivity index (χ3v) is 4.44. The summed E-state index contributed by atoms with van der Waals surface area (Å²) in [5.41, 5.74) is -0.754. The van der Waals surface area contributed by atoms with Gasteiger partial charge < -0.3 is 15.5 Å². The molecule has 25 heavy (non-hydrogen) atoms. The molecular weight excluding hydrogens is 333 g/mol. The van der Waals surface area contributed by atoms with Gasteiger partial charge in [-0.2, -0.15) is 18.3 Å². The van der Waals surface area contributed by atoms with Gasteiger partial charge in [0.25, 0.3) is 0 Å². The number of aromatic nitrogens is 2. The van der Waals surface area contributed by atoms with Crippen molar-refractivity contribution in [2.45, 2.75) is 51.5 Å². The lowest BCUT2D eigenvalue weighted by Gasteiger charge is -2.35. The average Bonchev–Trinajstić information content (AvgIpc) is 2.93. The fourth-order valence-corrected chi connectivity index (χ4v) is 3.03. The van der Waals surface area contributed by atoms with Crippen LogP contribution in [0.5, 0.6) is 0 Å². The summed E-state index contributed by atoms with van der Waals surface area (Å²) in [6.07, 6.45) is -1.11. The minimum absolute atomic E-state index is 0.0210. The predicted molar refractivity (Wildman–Crippen MR) is 91.3 cm³/mol. The molecule has 1 aromatic rings. The first-order valence-electron chi connectivity index (χ1n) is 8.51. The number of aryl methyl sites for hydroxylation is 1. The van der Waals surface area contributed by atoms with Crippen LogP contribution in [0.2, 0.25) is 0 Å². The molecule has 0 aromatic carbocycles. The van der Waals surface area contributed by atoms with Gasteiger partial charge in [-0.15, -0.1) is 0 Å². The molecule has 2 rings (SSSR count). The van der Waals surface area contributed by atoms with Crippen LogP contribution in [0.4, 0.5) is 13.2 Å². The summed E-state index contributed by atoms with van der Waals surface area (Å²) in [6, 6.07) is 0.807. The SMILES string of the molecule is CN=C(NCc1cn(C)nc1C(F)(F)F)NC1CCN(C(C)C)CC1. The first kappa shape index (κ1) is 19.6. The molecule has 0 aliphatic carbocycles. The normalized spacial score (nSPS) is 18.0. The van der Waals surface area contributed by atoms with Crippen LogP contribution >= 0.6 is 0 Å². The molecule has 1 aliphatic rings. The Balaban J connectivity index is 1.90. The number of piperidine rings is 1. The minimum atomic E-state index is -4.46. The van der Waals surface area contributed by atoms with E-state index in [9.17, 15) is 13.2 Å². The van der Waals surface area contributed by atoms with E-state index in [-0.39, 0.29) is 18.2 Å². The van der Waals surface area contributed by atoms with Crippen molar-refractivity contribution in [3.63, 3.8) is 0 Å². The lowest BCUT2D eigenvalue weighted by Crippen LogP contribution is -2.49. The van der Waals surface area contributed by atoms with Gasteiger partial charge in [0.2, 0.25) is 0 Å². The molecule has 142 valence electrons. The molecule has 1 saturated heterocycles. The number of nitrogens with one attached hydrogen (secondary N) is 2. The quantitative estimate of drug-likeness (QED) is 0.637. The Morgan fingerprint density at radius 2 is 2.00 bits per heavy atom. The summed E-state index contributed by atoms with van der Waals surface area (Å²) >= 11 is 0. The van der Waals surface area contributed by atoms with Gasteiger partial charge in [-0.05, 0) is 26.7 Å². The summed E-state index contributed by atoms with van der Waals surface area (Å²) in [7, 11) is 3.10. The maximum atomic E-state index is 13.0. The molecular formula is C16H27F3N6. The highest BCUT2D eigenvalue weighted by atomic mass is 19.4. The number of halogens is 3. The lowest BCUT2D eigenvalue weighted by atomic mass is 10.0. The van der Waals surface area contributed by atoms with E-state index in [2.05, 4.69) is 39.5 Å². The topological polar surface area (TPSA) is 57.5 Å². The predicted octanol–water partition coefficient (Wildman–Crippen LogP) is 1.98. The molecule has 0 radical (unpaired) electrons. The maximum absolute atomic E-state index is 13.0. The van der Waals surface area contributed by atoms with E-state index in [1.165, 1.54) is 17.9 Å². The van der Waals surface area contributed by atoms with Gasteiger partial charge in [0.15, 0.2) is 11.7 Å². The van der Waals surface area contributed by atoms with Crippen molar-refractivity contribution in [2.75, 3.05) is 20.1 Å². The lowest BCUT2D eigenvalue weighted by molar-refractivity contribution is -0.142. The van der Waals surface area contributed by atoms with Crippen LogP contribution in [0.1, 0.15) is 37.9 Å². The zero-order chi connectivity index (χ0) is 18.6. The van der Waals surface area contributed by atoms with Crippen LogP contribution in [-0.4, -0.2) is 52.9 Å². The Labute approximate surface area is 146 Å². The van der Waals surface area contributed by atoms with E-state index in [1.807, 2.05) is 0 Å². The summed E-state index contributed by atoms with van der Waals surface area (Å²) in [4.78, 5) is 6.54. The smallest absolute Gasteiger partial charge is 0.354 e. The molecule has 1 fully saturated rings. The van der Waals surface area contributed by atoms with Gasteiger partial charge in [0, 0.05) is 57.6 Å². The minimum Gasteiger partial charge on any atom is -0.354 e. The highest BCUT2D eigenvalue weighted by molar-refractivity contribution is 5.80. The number of rotatable bonds is 4. The van der Waals surface area contributed by atoms with E-state index in [0.717, 1.165) is 25.9 Å². The highest BCUT2D eigenvalue weighted by Crippen LogP contribution is 2.30. The number of aliphatic imine (C=N–C) groups is 1. The molecule has 0 unspecified atom stereocenters. The molecule has 0 atom stereocenters.